The van der Waals surface area contributed by atoms with E-state index in [0.717, 1.165) is 0 Å². The molecule has 2 heterocycles. The van der Waals surface area contributed by atoms with Crippen molar-refractivity contribution in [2.75, 3.05) is 13.2 Å². The fraction of sp³-hybridized carbons (Fsp3) is 0.800. The monoisotopic (exact) mass is 228 g/mol. The van der Waals surface area contributed by atoms with Crippen LogP contribution in [0.5, 0.6) is 0 Å². The highest BCUT2D eigenvalue weighted by atomic mass is 16.6. The summed E-state index contributed by atoms with van der Waals surface area (Å²) >= 11 is 0. The third-order valence-corrected chi connectivity index (χ3v) is 2.45. The second kappa shape index (κ2) is 3.62. The summed E-state index contributed by atoms with van der Waals surface area (Å²) in [6.07, 6.45) is -0.882. The zero-order chi connectivity index (χ0) is 11.9. The first-order valence-corrected chi connectivity index (χ1v) is 5.29. The van der Waals surface area contributed by atoms with Gasteiger partial charge in [0.15, 0.2) is 6.23 Å². The fourth-order valence-corrected chi connectivity index (χ4v) is 1.79. The van der Waals surface area contributed by atoms with Crippen molar-refractivity contribution in [2.24, 2.45) is 0 Å². The third-order valence-electron chi connectivity index (χ3n) is 2.45. The average molecular weight is 228 g/mol. The summed E-state index contributed by atoms with van der Waals surface area (Å²) in [6.45, 7) is 5.94. The standard InChI is InChI=1S/C10H16N2O4/c1-10(2,3)16-9(14)12-6-5-15-7(12)4-11-8(6)13/h6-7H,4-5H2,1-3H3,(H,11,13). The smallest absolute Gasteiger partial charge is 0.413 e. The van der Waals surface area contributed by atoms with E-state index in [1.807, 2.05) is 0 Å². The number of hydrogen-bond acceptors (Lipinski definition) is 4. The first-order chi connectivity index (χ1) is 7.38. The molecule has 2 bridgehead atoms. The molecular weight excluding hydrogens is 212 g/mol. The number of fused-ring (bicyclic) bond motifs is 2. The van der Waals surface area contributed by atoms with Gasteiger partial charge in [0.1, 0.15) is 11.6 Å². The lowest BCUT2D eigenvalue weighted by atomic mass is 10.2. The molecule has 0 aromatic rings. The molecular formula is C10H16N2O4. The maximum absolute atomic E-state index is 11.9. The molecule has 6 heteroatoms. The highest BCUT2D eigenvalue weighted by molar-refractivity contribution is 5.87. The Morgan fingerprint density at radius 1 is 1.56 bits per heavy atom. The molecule has 2 rings (SSSR count). The van der Waals surface area contributed by atoms with Gasteiger partial charge >= 0.3 is 6.09 Å². The number of nitrogens with one attached hydrogen (secondary N) is 1. The van der Waals surface area contributed by atoms with Crippen LogP contribution in [0.3, 0.4) is 0 Å². The van der Waals surface area contributed by atoms with Crippen molar-refractivity contribution in [3.8, 4) is 0 Å². The van der Waals surface area contributed by atoms with Crippen LogP contribution in [0, 0.1) is 0 Å². The Bertz CT molecular complexity index is 323. The lowest BCUT2D eigenvalue weighted by molar-refractivity contribution is -0.128. The molecule has 2 amide bonds. The van der Waals surface area contributed by atoms with Gasteiger partial charge in [-0.1, -0.05) is 0 Å². The van der Waals surface area contributed by atoms with Crippen LogP contribution < -0.4 is 5.32 Å². The van der Waals surface area contributed by atoms with E-state index in [-0.39, 0.29) is 12.5 Å². The Labute approximate surface area is 93.9 Å². The summed E-state index contributed by atoms with van der Waals surface area (Å²) < 4.78 is 10.6. The Kier molecular flexibility index (Phi) is 2.53. The molecule has 90 valence electrons. The molecule has 0 aliphatic carbocycles. The Balaban J connectivity index is 2.09. The van der Waals surface area contributed by atoms with E-state index in [9.17, 15) is 9.59 Å². The molecule has 16 heavy (non-hydrogen) atoms. The minimum Gasteiger partial charge on any atom is -0.444 e. The van der Waals surface area contributed by atoms with E-state index in [1.165, 1.54) is 4.90 Å². The van der Waals surface area contributed by atoms with Crippen molar-refractivity contribution >= 4 is 12.0 Å². The first-order valence-electron chi connectivity index (χ1n) is 5.29. The zero-order valence-electron chi connectivity index (χ0n) is 9.65. The average Bonchev–Trinajstić information content (AvgIpc) is 2.46. The van der Waals surface area contributed by atoms with Crippen molar-refractivity contribution in [1.29, 1.82) is 0 Å². The minimum absolute atomic E-state index is 0.181. The predicted molar refractivity (Wildman–Crippen MR) is 54.6 cm³/mol. The third kappa shape index (κ3) is 1.97. The quantitative estimate of drug-likeness (QED) is 0.637. The first kappa shape index (κ1) is 11.2. The topological polar surface area (TPSA) is 67.9 Å². The number of piperazine rings is 1. The molecule has 0 aromatic carbocycles. The van der Waals surface area contributed by atoms with Crippen LogP contribution in [0.2, 0.25) is 0 Å². The molecule has 2 aliphatic rings. The molecule has 0 spiro atoms. The van der Waals surface area contributed by atoms with E-state index < -0.39 is 24.0 Å². The number of nitrogens with zero attached hydrogens (tertiary/aromatic N) is 1. The molecule has 2 saturated heterocycles. The van der Waals surface area contributed by atoms with E-state index in [0.29, 0.717) is 6.54 Å². The predicted octanol–water partition coefficient (Wildman–Crippen LogP) is 0.0782. The van der Waals surface area contributed by atoms with E-state index in [2.05, 4.69) is 5.32 Å². The summed E-state index contributed by atoms with van der Waals surface area (Å²) in [6, 6.07) is -0.548. The molecule has 2 atom stereocenters. The molecule has 0 aromatic heterocycles. The molecule has 2 fully saturated rings. The van der Waals surface area contributed by atoms with Crippen LogP contribution in [0.25, 0.3) is 0 Å². The number of ether oxygens (including phenoxy) is 2. The largest absolute Gasteiger partial charge is 0.444 e. The Hall–Kier alpha value is -1.30. The number of carbonyl (C=O) groups is 2. The van der Waals surface area contributed by atoms with Gasteiger partial charge < -0.3 is 14.8 Å². The van der Waals surface area contributed by atoms with Gasteiger partial charge in [0.2, 0.25) is 5.91 Å². The van der Waals surface area contributed by atoms with Gasteiger partial charge in [0.05, 0.1) is 13.2 Å². The SMILES string of the molecule is CC(C)(C)OC(=O)N1C2CNC(=O)C1CO2. The van der Waals surface area contributed by atoms with Gasteiger partial charge in [0.25, 0.3) is 0 Å². The summed E-state index contributed by atoms with van der Waals surface area (Å²) in [4.78, 5) is 24.7. The summed E-state index contributed by atoms with van der Waals surface area (Å²) in [5, 5.41) is 2.68. The summed E-state index contributed by atoms with van der Waals surface area (Å²) in [5.74, 6) is -0.181. The highest BCUT2D eigenvalue weighted by Crippen LogP contribution is 2.23. The molecule has 1 N–H and O–H groups in total. The van der Waals surface area contributed by atoms with Crippen LogP contribution in [-0.4, -0.2) is 47.9 Å². The summed E-state index contributed by atoms with van der Waals surface area (Å²) in [5.41, 5.74) is -0.565. The van der Waals surface area contributed by atoms with E-state index >= 15 is 0 Å². The van der Waals surface area contributed by atoms with Crippen molar-refractivity contribution in [2.45, 2.75) is 38.6 Å². The molecule has 0 radical (unpaired) electrons. The number of rotatable bonds is 0. The van der Waals surface area contributed by atoms with Gasteiger partial charge in [0, 0.05) is 0 Å². The number of amides is 2. The van der Waals surface area contributed by atoms with Crippen LogP contribution in [0.1, 0.15) is 20.8 Å². The van der Waals surface area contributed by atoms with Crippen LogP contribution >= 0.6 is 0 Å². The van der Waals surface area contributed by atoms with Crippen molar-refractivity contribution < 1.29 is 19.1 Å². The number of carbonyl (C=O) groups excluding carboxylic acids is 2. The molecule has 0 saturated carbocycles. The second-order valence-electron chi connectivity index (χ2n) is 4.94. The lowest BCUT2D eigenvalue weighted by Gasteiger charge is -2.33. The Morgan fingerprint density at radius 3 is 2.88 bits per heavy atom. The van der Waals surface area contributed by atoms with Gasteiger partial charge in [-0.2, -0.15) is 0 Å². The van der Waals surface area contributed by atoms with Crippen LogP contribution in [0.4, 0.5) is 4.79 Å². The number of hydrogen-bond donors (Lipinski definition) is 1. The Morgan fingerprint density at radius 2 is 2.25 bits per heavy atom. The van der Waals surface area contributed by atoms with Crippen LogP contribution in [-0.2, 0) is 14.3 Å². The minimum atomic E-state index is -0.565. The molecule has 2 aliphatic heterocycles. The van der Waals surface area contributed by atoms with E-state index in [1.54, 1.807) is 20.8 Å². The molecule has 2 unspecified atom stereocenters. The van der Waals surface area contributed by atoms with Crippen molar-refractivity contribution in [1.82, 2.24) is 10.2 Å². The maximum atomic E-state index is 11.9. The van der Waals surface area contributed by atoms with Gasteiger partial charge in [-0.25, -0.2) is 4.79 Å². The van der Waals surface area contributed by atoms with Crippen molar-refractivity contribution in [3.63, 3.8) is 0 Å². The van der Waals surface area contributed by atoms with Crippen molar-refractivity contribution in [3.05, 3.63) is 0 Å². The van der Waals surface area contributed by atoms with Crippen LogP contribution in [0.15, 0.2) is 0 Å². The van der Waals surface area contributed by atoms with Gasteiger partial charge in [-0.3, -0.25) is 9.69 Å². The van der Waals surface area contributed by atoms with Gasteiger partial charge in [-0.15, -0.1) is 0 Å². The molecule has 6 nitrogen and oxygen atoms in total. The normalized spacial score (nSPS) is 28.9. The second-order valence-corrected chi connectivity index (χ2v) is 4.94. The fourth-order valence-electron chi connectivity index (χ4n) is 1.79. The van der Waals surface area contributed by atoms with E-state index in [4.69, 9.17) is 9.47 Å². The highest BCUT2D eigenvalue weighted by Gasteiger charge is 2.47. The summed E-state index contributed by atoms with van der Waals surface area (Å²) in [7, 11) is 0. The zero-order valence-corrected chi connectivity index (χ0v) is 9.65. The maximum Gasteiger partial charge on any atom is 0.413 e. The lowest BCUT2D eigenvalue weighted by Crippen LogP contribution is -2.58. The van der Waals surface area contributed by atoms with Gasteiger partial charge in [-0.05, 0) is 20.8 Å².